The average Bonchev–Trinajstić information content (AvgIpc) is 2.93. The quantitative estimate of drug-likeness (QED) is 0.288. The van der Waals surface area contributed by atoms with E-state index in [1.54, 1.807) is 18.2 Å². The summed E-state index contributed by atoms with van der Waals surface area (Å²) in [6.45, 7) is 1.89. The number of cyclic esters (lactones) is 1. The van der Waals surface area contributed by atoms with Crippen LogP contribution in [0.4, 0.5) is 18.9 Å². The Morgan fingerprint density at radius 1 is 1.10 bits per heavy atom. The molecule has 0 amide bonds. The Hall–Kier alpha value is -3.86. The van der Waals surface area contributed by atoms with Crippen LogP contribution in [0.2, 0.25) is 0 Å². The fraction of sp³-hybridized carbons (Fsp3) is 0.310. The van der Waals surface area contributed by atoms with Gasteiger partial charge in [-0.3, -0.25) is 4.72 Å². The average molecular weight is 575 g/mol. The summed E-state index contributed by atoms with van der Waals surface area (Å²) < 4.78 is 77.9. The molecule has 0 saturated carbocycles. The number of esters is 1. The van der Waals surface area contributed by atoms with E-state index in [9.17, 15) is 26.4 Å². The number of methoxy groups -OCH3 is 1. The summed E-state index contributed by atoms with van der Waals surface area (Å²) in [5.74, 6) is -0.389. The molecule has 0 aliphatic carbocycles. The van der Waals surface area contributed by atoms with Gasteiger partial charge in [0.1, 0.15) is 11.9 Å². The second-order valence-corrected chi connectivity index (χ2v) is 11.0. The third-order valence-electron chi connectivity index (χ3n) is 6.69. The molecule has 2 atom stereocenters. The number of hydrogen-bond donors (Lipinski definition) is 1. The van der Waals surface area contributed by atoms with Crippen LogP contribution < -0.4 is 4.72 Å². The van der Waals surface area contributed by atoms with Crippen molar-refractivity contribution in [3.05, 3.63) is 101 Å². The molecule has 0 bridgehead atoms. The standard InChI is InChI=1S/C29H29F3N2O5S/c1-3-24(27-25(38-2)17-23(39-28(27)35)14-12-19-8-5-4-6-9-19)20-10-7-11-22(16-20)34-40(36,37)26-15-13-21(18-33-26)29(30,31)32/h4-11,13,15-16,18,23-24,34H,3,12,14,17H2,1-2H3. The van der Waals surface area contributed by atoms with E-state index in [2.05, 4.69) is 9.71 Å². The second kappa shape index (κ2) is 12.1. The molecule has 2 heterocycles. The van der Waals surface area contributed by atoms with Gasteiger partial charge in [0.05, 0.1) is 18.2 Å². The maximum absolute atomic E-state index is 13.2. The number of rotatable bonds is 10. The number of ether oxygens (including phenoxy) is 2. The molecule has 7 nitrogen and oxygen atoms in total. The lowest BCUT2D eigenvalue weighted by molar-refractivity contribution is -0.147. The van der Waals surface area contributed by atoms with Crippen LogP contribution in [0.5, 0.6) is 0 Å². The van der Waals surface area contributed by atoms with Crippen molar-refractivity contribution in [2.45, 2.75) is 55.8 Å². The number of anilines is 1. The minimum Gasteiger partial charge on any atom is -0.500 e. The third kappa shape index (κ3) is 6.82. The summed E-state index contributed by atoms with van der Waals surface area (Å²) >= 11 is 0. The van der Waals surface area contributed by atoms with Crippen LogP contribution in [-0.2, 0) is 36.9 Å². The van der Waals surface area contributed by atoms with Gasteiger partial charge in [-0.05, 0) is 54.7 Å². The van der Waals surface area contributed by atoms with Crippen molar-refractivity contribution in [1.82, 2.24) is 4.98 Å². The fourth-order valence-corrected chi connectivity index (χ4v) is 5.67. The van der Waals surface area contributed by atoms with Crippen molar-refractivity contribution in [3.8, 4) is 0 Å². The predicted octanol–water partition coefficient (Wildman–Crippen LogP) is 6.24. The summed E-state index contributed by atoms with van der Waals surface area (Å²) in [6.07, 6.45) is -2.18. The van der Waals surface area contributed by atoms with E-state index in [0.717, 1.165) is 18.1 Å². The number of benzene rings is 2. The van der Waals surface area contributed by atoms with Gasteiger partial charge in [0.2, 0.25) is 0 Å². The van der Waals surface area contributed by atoms with Gasteiger partial charge in [0.15, 0.2) is 5.03 Å². The highest BCUT2D eigenvalue weighted by atomic mass is 32.2. The Morgan fingerprint density at radius 2 is 1.85 bits per heavy atom. The van der Waals surface area contributed by atoms with Crippen LogP contribution in [0.3, 0.4) is 0 Å². The number of halogens is 3. The molecule has 2 aromatic carbocycles. The van der Waals surface area contributed by atoms with Gasteiger partial charge in [-0.25, -0.2) is 9.78 Å². The monoisotopic (exact) mass is 574 g/mol. The van der Waals surface area contributed by atoms with E-state index in [4.69, 9.17) is 9.47 Å². The molecule has 212 valence electrons. The Bertz CT molecular complexity index is 1470. The van der Waals surface area contributed by atoms with Crippen molar-refractivity contribution >= 4 is 21.7 Å². The number of nitrogens with one attached hydrogen (secondary N) is 1. The van der Waals surface area contributed by atoms with Gasteiger partial charge in [-0.1, -0.05) is 49.4 Å². The number of carbonyl (C=O) groups is 1. The first-order valence-electron chi connectivity index (χ1n) is 12.7. The van der Waals surface area contributed by atoms with Crippen LogP contribution in [0, 0.1) is 0 Å². The van der Waals surface area contributed by atoms with E-state index in [1.165, 1.54) is 13.2 Å². The second-order valence-electron chi connectivity index (χ2n) is 9.37. The molecule has 1 N–H and O–H groups in total. The molecule has 0 fully saturated rings. The number of aromatic nitrogens is 1. The van der Waals surface area contributed by atoms with Crippen molar-refractivity contribution < 1.29 is 35.9 Å². The van der Waals surface area contributed by atoms with Gasteiger partial charge >= 0.3 is 12.1 Å². The Labute approximate surface area is 231 Å². The van der Waals surface area contributed by atoms with Crippen LogP contribution in [0.1, 0.15) is 48.8 Å². The van der Waals surface area contributed by atoms with Crippen LogP contribution >= 0.6 is 0 Å². The predicted molar refractivity (Wildman–Crippen MR) is 143 cm³/mol. The zero-order chi connectivity index (χ0) is 28.9. The molecule has 0 radical (unpaired) electrons. The molecule has 2 unspecified atom stereocenters. The van der Waals surface area contributed by atoms with Gasteiger partial charge in [0, 0.05) is 24.2 Å². The lowest BCUT2D eigenvalue weighted by Crippen LogP contribution is -2.30. The number of nitrogens with zero attached hydrogens (tertiary/aromatic N) is 1. The van der Waals surface area contributed by atoms with Crippen molar-refractivity contribution in [3.63, 3.8) is 0 Å². The summed E-state index contributed by atoms with van der Waals surface area (Å²) in [4.78, 5) is 16.7. The summed E-state index contributed by atoms with van der Waals surface area (Å²) in [5, 5.41) is -0.556. The molecule has 0 saturated heterocycles. The molecule has 0 spiro atoms. The normalized spacial score (nSPS) is 16.8. The summed E-state index contributed by atoms with van der Waals surface area (Å²) in [6, 6.07) is 17.8. The zero-order valence-electron chi connectivity index (χ0n) is 21.9. The highest BCUT2D eigenvalue weighted by molar-refractivity contribution is 7.92. The first kappa shape index (κ1) is 29.1. The third-order valence-corrected chi connectivity index (χ3v) is 7.98. The largest absolute Gasteiger partial charge is 0.500 e. The molecule has 1 aromatic heterocycles. The van der Waals surface area contributed by atoms with Gasteiger partial charge in [-0.2, -0.15) is 21.6 Å². The number of alkyl halides is 3. The first-order valence-corrected chi connectivity index (χ1v) is 14.2. The van der Waals surface area contributed by atoms with E-state index in [-0.39, 0.29) is 11.8 Å². The van der Waals surface area contributed by atoms with E-state index in [1.807, 2.05) is 37.3 Å². The number of aryl methyl sites for hydroxylation is 1. The number of hydrogen-bond acceptors (Lipinski definition) is 6. The molecular formula is C29H29F3N2O5S. The number of pyridine rings is 1. The van der Waals surface area contributed by atoms with Gasteiger partial charge < -0.3 is 9.47 Å². The van der Waals surface area contributed by atoms with E-state index >= 15 is 0 Å². The molecule has 40 heavy (non-hydrogen) atoms. The number of carbonyl (C=O) groups excluding carboxylic acids is 1. The molecule has 3 aromatic rings. The van der Waals surface area contributed by atoms with Crippen LogP contribution in [0.25, 0.3) is 0 Å². The Balaban J connectivity index is 1.54. The van der Waals surface area contributed by atoms with Crippen molar-refractivity contribution in [2.24, 2.45) is 0 Å². The number of sulfonamides is 1. The molecule has 1 aliphatic heterocycles. The maximum atomic E-state index is 13.2. The summed E-state index contributed by atoms with van der Waals surface area (Å²) in [5.41, 5.74) is 1.28. The van der Waals surface area contributed by atoms with Crippen molar-refractivity contribution in [2.75, 3.05) is 11.8 Å². The summed E-state index contributed by atoms with van der Waals surface area (Å²) in [7, 11) is -2.76. The molecule has 4 rings (SSSR count). The fourth-order valence-electron chi connectivity index (χ4n) is 4.69. The van der Waals surface area contributed by atoms with E-state index < -0.39 is 38.7 Å². The zero-order valence-corrected chi connectivity index (χ0v) is 22.8. The maximum Gasteiger partial charge on any atom is 0.417 e. The molecule has 1 aliphatic rings. The lowest BCUT2D eigenvalue weighted by Gasteiger charge is -2.30. The van der Waals surface area contributed by atoms with E-state index in [0.29, 0.717) is 48.4 Å². The van der Waals surface area contributed by atoms with Crippen molar-refractivity contribution in [1.29, 1.82) is 0 Å². The Kier molecular flexibility index (Phi) is 8.82. The lowest BCUT2D eigenvalue weighted by atomic mass is 9.85. The van der Waals surface area contributed by atoms with Crippen LogP contribution in [0.15, 0.2) is 89.3 Å². The SMILES string of the molecule is CCC(C1=C(OC)CC(CCc2ccccc2)OC1=O)c1cccc(NS(=O)(=O)c2ccc(C(F)(F)F)cn2)c1. The highest BCUT2D eigenvalue weighted by Crippen LogP contribution is 2.37. The smallest absolute Gasteiger partial charge is 0.417 e. The molecule has 11 heteroatoms. The van der Waals surface area contributed by atoms with Crippen LogP contribution in [-0.4, -0.2) is 32.6 Å². The Morgan fingerprint density at radius 3 is 2.48 bits per heavy atom. The minimum absolute atomic E-state index is 0.169. The minimum atomic E-state index is -4.63. The first-order chi connectivity index (χ1) is 19.0. The molecular weight excluding hydrogens is 545 g/mol. The highest BCUT2D eigenvalue weighted by Gasteiger charge is 2.35. The van der Waals surface area contributed by atoms with Gasteiger partial charge in [0.25, 0.3) is 10.0 Å². The topological polar surface area (TPSA) is 94.6 Å². The van der Waals surface area contributed by atoms with Gasteiger partial charge in [-0.15, -0.1) is 0 Å².